The van der Waals surface area contributed by atoms with Crippen molar-refractivity contribution in [3.8, 4) is 17.3 Å². The molecule has 2 N–H and O–H groups in total. The molecule has 0 spiro atoms. The van der Waals surface area contributed by atoms with E-state index >= 15 is 0 Å². The molecule has 0 radical (unpaired) electrons. The number of hydrogen-bond acceptors (Lipinski definition) is 6. The van der Waals surface area contributed by atoms with Crippen molar-refractivity contribution in [2.24, 2.45) is 0 Å². The molecule has 3 aromatic rings. The molecule has 0 amide bonds. The second kappa shape index (κ2) is 7.72. The van der Waals surface area contributed by atoms with Gasteiger partial charge in [-0.3, -0.25) is 4.98 Å². The number of hydrogen-bond donors (Lipinski definition) is 2. The quantitative estimate of drug-likeness (QED) is 0.699. The summed E-state index contributed by atoms with van der Waals surface area (Å²) in [4.78, 5) is 13.9. The average Bonchev–Trinajstić information content (AvgIpc) is 3.17. The third kappa shape index (κ3) is 3.75. The zero-order chi connectivity index (χ0) is 18.6. The van der Waals surface area contributed by atoms with E-state index in [-0.39, 0.29) is 6.61 Å². The normalized spacial score (nSPS) is 12.7. The molecular formula is C21H22N4O2. The second-order valence-electron chi connectivity index (χ2n) is 6.57. The summed E-state index contributed by atoms with van der Waals surface area (Å²) in [5.74, 6) is 2.27. The molecular weight excluding hydrogens is 340 g/mol. The van der Waals surface area contributed by atoms with Crippen molar-refractivity contribution < 1.29 is 9.84 Å². The predicted molar refractivity (Wildman–Crippen MR) is 104 cm³/mol. The number of aliphatic hydroxyl groups is 1. The van der Waals surface area contributed by atoms with Gasteiger partial charge < -0.3 is 15.2 Å². The SMILES string of the molecule is Cc1cc(Nc2nc(-c3ccccn3)nc3c2CCC3)ccc1OCCO. The van der Waals surface area contributed by atoms with Gasteiger partial charge in [-0.15, -0.1) is 0 Å². The Morgan fingerprint density at radius 3 is 2.85 bits per heavy atom. The second-order valence-corrected chi connectivity index (χ2v) is 6.57. The van der Waals surface area contributed by atoms with Crippen LogP contribution in [0.2, 0.25) is 0 Å². The summed E-state index contributed by atoms with van der Waals surface area (Å²) >= 11 is 0. The number of pyridine rings is 1. The van der Waals surface area contributed by atoms with Gasteiger partial charge in [0.2, 0.25) is 0 Å². The maximum Gasteiger partial charge on any atom is 0.180 e. The number of nitrogens with one attached hydrogen (secondary N) is 1. The van der Waals surface area contributed by atoms with Crippen LogP contribution < -0.4 is 10.1 Å². The number of aromatic nitrogens is 3. The minimum atomic E-state index is 0.00279. The number of ether oxygens (including phenoxy) is 1. The molecule has 0 fully saturated rings. The van der Waals surface area contributed by atoms with Crippen LogP contribution in [0.25, 0.3) is 11.5 Å². The third-order valence-electron chi connectivity index (χ3n) is 4.61. The van der Waals surface area contributed by atoms with Crippen molar-refractivity contribution in [2.75, 3.05) is 18.5 Å². The molecule has 1 aliphatic rings. The smallest absolute Gasteiger partial charge is 0.180 e. The van der Waals surface area contributed by atoms with E-state index in [0.717, 1.165) is 53.5 Å². The highest BCUT2D eigenvalue weighted by Crippen LogP contribution is 2.31. The van der Waals surface area contributed by atoms with E-state index in [1.54, 1.807) is 6.20 Å². The first-order valence-electron chi connectivity index (χ1n) is 9.17. The molecule has 0 saturated carbocycles. The zero-order valence-electron chi connectivity index (χ0n) is 15.3. The summed E-state index contributed by atoms with van der Waals surface area (Å²) < 4.78 is 5.53. The molecule has 0 saturated heterocycles. The Labute approximate surface area is 158 Å². The van der Waals surface area contributed by atoms with E-state index in [0.29, 0.717) is 12.4 Å². The zero-order valence-corrected chi connectivity index (χ0v) is 15.3. The molecule has 2 heterocycles. The van der Waals surface area contributed by atoms with Crippen LogP contribution in [0.15, 0.2) is 42.6 Å². The van der Waals surface area contributed by atoms with E-state index < -0.39 is 0 Å². The Morgan fingerprint density at radius 2 is 2.07 bits per heavy atom. The van der Waals surface area contributed by atoms with Crippen molar-refractivity contribution in [3.63, 3.8) is 0 Å². The number of aliphatic hydroxyl groups excluding tert-OH is 1. The average molecular weight is 362 g/mol. The van der Waals surface area contributed by atoms with Gasteiger partial charge in [-0.25, -0.2) is 9.97 Å². The summed E-state index contributed by atoms with van der Waals surface area (Å²) in [6, 6.07) is 11.7. The molecule has 0 unspecified atom stereocenters. The van der Waals surface area contributed by atoms with Crippen LogP contribution in [0.3, 0.4) is 0 Å². The number of benzene rings is 1. The minimum Gasteiger partial charge on any atom is -0.491 e. The lowest BCUT2D eigenvalue weighted by Crippen LogP contribution is -2.05. The van der Waals surface area contributed by atoms with Crippen molar-refractivity contribution in [1.82, 2.24) is 15.0 Å². The van der Waals surface area contributed by atoms with Crippen molar-refractivity contribution in [3.05, 3.63) is 59.4 Å². The molecule has 6 heteroatoms. The minimum absolute atomic E-state index is 0.00279. The van der Waals surface area contributed by atoms with Crippen LogP contribution in [0.5, 0.6) is 5.75 Å². The van der Waals surface area contributed by atoms with Crippen LogP contribution in [0.1, 0.15) is 23.2 Å². The molecule has 0 bridgehead atoms. The molecule has 1 aromatic carbocycles. The first kappa shape index (κ1) is 17.4. The Morgan fingerprint density at radius 1 is 1.15 bits per heavy atom. The lowest BCUT2D eigenvalue weighted by Gasteiger charge is -2.14. The fourth-order valence-corrected chi connectivity index (χ4v) is 3.33. The number of aryl methyl sites for hydroxylation is 2. The molecule has 0 atom stereocenters. The molecule has 6 nitrogen and oxygen atoms in total. The Balaban J connectivity index is 1.66. The van der Waals surface area contributed by atoms with Gasteiger partial charge in [-0.05, 0) is 62.1 Å². The van der Waals surface area contributed by atoms with Crippen LogP contribution in [0.4, 0.5) is 11.5 Å². The highest BCUT2D eigenvalue weighted by Gasteiger charge is 2.20. The maximum absolute atomic E-state index is 8.92. The first-order chi connectivity index (χ1) is 13.2. The number of anilines is 2. The largest absolute Gasteiger partial charge is 0.491 e. The van der Waals surface area contributed by atoms with E-state index in [1.165, 1.54) is 5.56 Å². The summed E-state index contributed by atoms with van der Waals surface area (Å²) in [6.45, 7) is 2.28. The highest BCUT2D eigenvalue weighted by atomic mass is 16.5. The first-order valence-corrected chi connectivity index (χ1v) is 9.17. The monoisotopic (exact) mass is 362 g/mol. The van der Waals surface area contributed by atoms with Gasteiger partial charge in [0.05, 0.1) is 6.61 Å². The van der Waals surface area contributed by atoms with Gasteiger partial charge >= 0.3 is 0 Å². The summed E-state index contributed by atoms with van der Waals surface area (Å²) in [6.07, 6.45) is 4.81. The van der Waals surface area contributed by atoms with E-state index in [9.17, 15) is 0 Å². The molecule has 27 heavy (non-hydrogen) atoms. The van der Waals surface area contributed by atoms with Gasteiger partial charge in [0.15, 0.2) is 5.82 Å². The fraction of sp³-hybridized carbons (Fsp3) is 0.286. The van der Waals surface area contributed by atoms with E-state index in [4.69, 9.17) is 19.8 Å². The summed E-state index contributed by atoms with van der Waals surface area (Å²) in [7, 11) is 0. The molecule has 2 aromatic heterocycles. The Bertz CT molecular complexity index is 944. The van der Waals surface area contributed by atoms with Crippen molar-refractivity contribution in [2.45, 2.75) is 26.2 Å². The van der Waals surface area contributed by atoms with Gasteiger partial charge in [-0.1, -0.05) is 6.07 Å². The number of rotatable bonds is 6. The fourth-order valence-electron chi connectivity index (χ4n) is 3.33. The standard InChI is InChI=1S/C21H22N4O2/c1-14-13-15(8-9-19(14)27-12-11-26)23-20-16-5-4-7-17(16)24-21(25-20)18-6-2-3-10-22-18/h2-3,6,8-10,13,26H,4-5,7,11-12H2,1H3,(H,23,24,25). The summed E-state index contributed by atoms with van der Waals surface area (Å²) in [5.41, 5.74) is 5.02. The molecule has 138 valence electrons. The molecule has 0 aliphatic heterocycles. The Hall–Kier alpha value is -2.99. The number of fused-ring (bicyclic) bond motifs is 1. The highest BCUT2D eigenvalue weighted by molar-refractivity contribution is 5.65. The predicted octanol–water partition coefficient (Wildman–Crippen LogP) is 3.45. The lowest BCUT2D eigenvalue weighted by atomic mass is 10.2. The van der Waals surface area contributed by atoms with E-state index in [1.807, 2.05) is 43.3 Å². The van der Waals surface area contributed by atoms with E-state index in [2.05, 4.69) is 10.3 Å². The van der Waals surface area contributed by atoms with Crippen LogP contribution in [0, 0.1) is 6.92 Å². The maximum atomic E-state index is 8.92. The lowest BCUT2D eigenvalue weighted by molar-refractivity contribution is 0.200. The Kier molecular flexibility index (Phi) is 4.98. The third-order valence-corrected chi connectivity index (χ3v) is 4.61. The van der Waals surface area contributed by atoms with Crippen molar-refractivity contribution >= 4 is 11.5 Å². The topological polar surface area (TPSA) is 80.2 Å². The van der Waals surface area contributed by atoms with Gasteiger partial charge in [0.25, 0.3) is 0 Å². The van der Waals surface area contributed by atoms with Crippen molar-refractivity contribution in [1.29, 1.82) is 0 Å². The molecule has 1 aliphatic carbocycles. The summed E-state index contributed by atoms with van der Waals surface area (Å²) in [5, 5.41) is 12.4. The van der Waals surface area contributed by atoms with Crippen LogP contribution in [-0.4, -0.2) is 33.3 Å². The number of nitrogens with zero attached hydrogens (tertiary/aromatic N) is 3. The molecule has 4 rings (SSSR count). The van der Waals surface area contributed by atoms with Crippen LogP contribution >= 0.6 is 0 Å². The van der Waals surface area contributed by atoms with Gasteiger partial charge in [0.1, 0.15) is 23.9 Å². The van der Waals surface area contributed by atoms with Crippen LogP contribution in [-0.2, 0) is 12.8 Å². The van der Waals surface area contributed by atoms with Gasteiger partial charge in [0, 0.05) is 23.1 Å². The van der Waals surface area contributed by atoms with Gasteiger partial charge in [-0.2, -0.15) is 0 Å².